The van der Waals surface area contributed by atoms with Crippen molar-refractivity contribution in [1.82, 2.24) is 20.2 Å². The van der Waals surface area contributed by atoms with Crippen LogP contribution in [0.1, 0.15) is 18.6 Å². The fourth-order valence-corrected chi connectivity index (χ4v) is 2.08. The minimum atomic E-state index is -1.09. The number of rotatable bonds is 6. The van der Waals surface area contributed by atoms with Crippen LogP contribution in [-0.4, -0.2) is 33.3 Å². The van der Waals surface area contributed by atoms with E-state index in [1.807, 2.05) is 11.5 Å². The van der Waals surface area contributed by atoms with Gasteiger partial charge < -0.3 is 20.3 Å². The molecule has 1 aromatic heterocycles. The lowest BCUT2D eigenvalue weighted by Crippen LogP contribution is -2.43. The summed E-state index contributed by atoms with van der Waals surface area (Å²) < 4.78 is 15.3. The van der Waals surface area contributed by atoms with Crippen molar-refractivity contribution in [2.24, 2.45) is 0 Å². The number of hydrogen-bond donors (Lipinski definition) is 3. The largest absolute Gasteiger partial charge is 0.386 e. The fourth-order valence-electron chi connectivity index (χ4n) is 2.08. The first-order valence-electron chi connectivity index (χ1n) is 6.99. The number of aromatic nitrogens is 2. The summed E-state index contributed by atoms with van der Waals surface area (Å²) in [6.07, 6.45) is 4.05. The van der Waals surface area contributed by atoms with E-state index in [4.69, 9.17) is 0 Å². The highest BCUT2D eigenvalue weighted by Gasteiger charge is 2.14. The van der Waals surface area contributed by atoms with Crippen molar-refractivity contribution < 1.29 is 14.3 Å². The normalized spacial score (nSPS) is 13.4. The monoisotopic (exact) mass is 306 g/mol. The minimum absolute atomic E-state index is 0.0649. The van der Waals surface area contributed by atoms with Crippen LogP contribution < -0.4 is 10.6 Å². The third-order valence-electron chi connectivity index (χ3n) is 3.14. The average Bonchev–Trinajstić information content (AvgIpc) is 2.98. The third kappa shape index (κ3) is 4.56. The summed E-state index contributed by atoms with van der Waals surface area (Å²) >= 11 is 0. The summed E-state index contributed by atoms with van der Waals surface area (Å²) in [5, 5.41) is 15.2. The Balaban J connectivity index is 1.76. The summed E-state index contributed by atoms with van der Waals surface area (Å²) in [4.78, 5) is 15.7. The van der Waals surface area contributed by atoms with E-state index in [1.165, 1.54) is 12.1 Å². The Labute approximate surface area is 128 Å². The SMILES string of the molecule is CC(Cn1ccnc1)NC(=O)NCC(O)c1ccccc1F. The molecule has 0 aliphatic carbocycles. The van der Waals surface area contributed by atoms with Crippen LogP contribution in [0.5, 0.6) is 0 Å². The van der Waals surface area contributed by atoms with Gasteiger partial charge in [-0.1, -0.05) is 18.2 Å². The van der Waals surface area contributed by atoms with Gasteiger partial charge in [0.2, 0.25) is 0 Å². The van der Waals surface area contributed by atoms with Crippen LogP contribution in [0.3, 0.4) is 0 Å². The molecule has 0 saturated carbocycles. The van der Waals surface area contributed by atoms with Crippen molar-refractivity contribution >= 4 is 6.03 Å². The first-order chi connectivity index (χ1) is 10.6. The van der Waals surface area contributed by atoms with Crippen molar-refractivity contribution in [3.8, 4) is 0 Å². The number of aliphatic hydroxyl groups is 1. The number of hydrogen-bond acceptors (Lipinski definition) is 3. The first kappa shape index (κ1) is 16.0. The fraction of sp³-hybridized carbons (Fsp3) is 0.333. The maximum absolute atomic E-state index is 13.5. The van der Waals surface area contributed by atoms with E-state index < -0.39 is 18.0 Å². The molecule has 0 fully saturated rings. The molecular weight excluding hydrogens is 287 g/mol. The zero-order valence-electron chi connectivity index (χ0n) is 12.2. The van der Waals surface area contributed by atoms with Crippen LogP contribution >= 0.6 is 0 Å². The number of nitrogens with one attached hydrogen (secondary N) is 2. The first-order valence-corrected chi connectivity index (χ1v) is 6.99. The highest BCUT2D eigenvalue weighted by atomic mass is 19.1. The molecule has 2 rings (SSSR count). The van der Waals surface area contributed by atoms with E-state index in [0.29, 0.717) is 6.54 Å². The molecule has 22 heavy (non-hydrogen) atoms. The van der Waals surface area contributed by atoms with Crippen LogP contribution in [0.25, 0.3) is 0 Å². The number of carbonyl (C=O) groups excluding carboxylic acids is 1. The summed E-state index contributed by atoms with van der Waals surface area (Å²) in [6.45, 7) is 2.38. The molecule has 2 atom stereocenters. The zero-order chi connectivity index (χ0) is 15.9. The van der Waals surface area contributed by atoms with Gasteiger partial charge in [-0.05, 0) is 13.0 Å². The Morgan fingerprint density at radius 3 is 2.91 bits per heavy atom. The smallest absolute Gasteiger partial charge is 0.315 e. The molecule has 0 bridgehead atoms. The van der Waals surface area contributed by atoms with E-state index >= 15 is 0 Å². The summed E-state index contributed by atoms with van der Waals surface area (Å²) in [5.41, 5.74) is 0.161. The highest BCUT2D eigenvalue weighted by molar-refractivity contribution is 5.74. The van der Waals surface area contributed by atoms with E-state index in [0.717, 1.165) is 0 Å². The van der Waals surface area contributed by atoms with Crippen LogP contribution in [0.4, 0.5) is 9.18 Å². The minimum Gasteiger partial charge on any atom is -0.386 e. The zero-order valence-corrected chi connectivity index (χ0v) is 12.2. The molecule has 118 valence electrons. The van der Waals surface area contributed by atoms with Crippen molar-refractivity contribution in [2.75, 3.05) is 6.54 Å². The number of imidazole rings is 1. The maximum Gasteiger partial charge on any atom is 0.315 e. The topological polar surface area (TPSA) is 79.2 Å². The van der Waals surface area contributed by atoms with Crippen LogP contribution in [-0.2, 0) is 6.54 Å². The Kier molecular flexibility index (Phi) is 5.48. The van der Waals surface area contributed by atoms with E-state index in [-0.39, 0.29) is 18.2 Å². The Morgan fingerprint density at radius 2 is 2.23 bits per heavy atom. The lowest BCUT2D eigenvalue weighted by atomic mass is 10.1. The quantitative estimate of drug-likeness (QED) is 0.755. The number of halogens is 1. The van der Waals surface area contributed by atoms with Gasteiger partial charge in [0.15, 0.2) is 0 Å². The highest BCUT2D eigenvalue weighted by Crippen LogP contribution is 2.15. The summed E-state index contributed by atoms with van der Waals surface area (Å²) in [5.74, 6) is -0.495. The van der Waals surface area contributed by atoms with Crippen molar-refractivity contribution in [1.29, 1.82) is 0 Å². The molecule has 1 heterocycles. The van der Waals surface area contributed by atoms with Gasteiger partial charge in [0, 0.05) is 37.1 Å². The molecule has 0 radical (unpaired) electrons. The van der Waals surface area contributed by atoms with E-state index in [1.54, 1.807) is 30.9 Å². The lowest BCUT2D eigenvalue weighted by molar-refractivity contribution is 0.168. The van der Waals surface area contributed by atoms with Gasteiger partial charge in [-0.15, -0.1) is 0 Å². The Hall–Kier alpha value is -2.41. The van der Waals surface area contributed by atoms with Crippen LogP contribution in [0.2, 0.25) is 0 Å². The molecule has 0 aliphatic rings. The number of benzene rings is 1. The molecule has 2 aromatic rings. The van der Waals surface area contributed by atoms with Gasteiger partial charge in [0.1, 0.15) is 5.82 Å². The standard InChI is InChI=1S/C15H19FN4O2/c1-11(9-20-7-6-17-10-20)19-15(22)18-8-14(21)12-4-2-3-5-13(12)16/h2-7,10-11,14,21H,8-9H2,1H3,(H2,18,19,22). The van der Waals surface area contributed by atoms with E-state index in [2.05, 4.69) is 15.6 Å². The van der Waals surface area contributed by atoms with Crippen molar-refractivity contribution in [3.63, 3.8) is 0 Å². The Morgan fingerprint density at radius 1 is 1.45 bits per heavy atom. The van der Waals surface area contributed by atoms with Gasteiger partial charge in [-0.2, -0.15) is 0 Å². The van der Waals surface area contributed by atoms with Gasteiger partial charge in [0.05, 0.1) is 12.4 Å². The molecular formula is C15H19FN4O2. The molecule has 0 saturated heterocycles. The number of nitrogens with zero attached hydrogens (tertiary/aromatic N) is 2. The second-order valence-corrected chi connectivity index (χ2v) is 5.05. The van der Waals surface area contributed by atoms with Crippen LogP contribution in [0, 0.1) is 5.82 Å². The summed E-state index contributed by atoms with van der Waals surface area (Å²) in [7, 11) is 0. The predicted molar refractivity (Wildman–Crippen MR) is 79.6 cm³/mol. The second kappa shape index (κ2) is 7.56. The predicted octanol–water partition coefficient (Wildman–Crippen LogP) is 1.44. The number of aliphatic hydroxyl groups excluding tert-OH is 1. The number of amides is 2. The second-order valence-electron chi connectivity index (χ2n) is 5.05. The third-order valence-corrected chi connectivity index (χ3v) is 3.14. The molecule has 0 spiro atoms. The van der Waals surface area contributed by atoms with Gasteiger partial charge >= 0.3 is 6.03 Å². The lowest BCUT2D eigenvalue weighted by Gasteiger charge is -2.17. The molecule has 2 amide bonds. The van der Waals surface area contributed by atoms with Gasteiger partial charge in [-0.3, -0.25) is 0 Å². The number of carbonyl (C=O) groups is 1. The van der Waals surface area contributed by atoms with E-state index in [9.17, 15) is 14.3 Å². The molecule has 0 aliphatic heterocycles. The molecule has 1 aromatic carbocycles. The van der Waals surface area contributed by atoms with Crippen molar-refractivity contribution in [2.45, 2.75) is 25.6 Å². The Bertz CT molecular complexity index is 603. The molecule has 7 heteroatoms. The maximum atomic E-state index is 13.5. The van der Waals surface area contributed by atoms with Crippen molar-refractivity contribution in [3.05, 3.63) is 54.4 Å². The summed E-state index contributed by atoms with van der Waals surface area (Å²) in [6, 6.07) is 5.41. The molecule has 3 N–H and O–H groups in total. The average molecular weight is 306 g/mol. The van der Waals surface area contributed by atoms with Crippen LogP contribution in [0.15, 0.2) is 43.0 Å². The molecule has 6 nitrogen and oxygen atoms in total. The van der Waals surface area contributed by atoms with Gasteiger partial charge in [0.25, 0.3) is 0 Å². The van der Waals surface area contributed by atoms with Gasteiger partial charge in [-0.25, -0.2) is 14.2 Å². The number of urea groups is 1. The molecule has 2 unspecified atom stereocenters.